The summed E-state index contributed by atoms with van der Waals surface area (Å²) in [4.78, 5) is 23.4. The van der Waals surface area contributed by atoms with Crippen LogP contribution in [0.25, 0.3) is 0 Å². The second kappa shape index (κ2) is 11.3. The minimum absolute atomic E-state index is 0.415. The first-order valence-corrected chi connectivity index (χ1v) is 9.09. The molecule has 0 rings (SSSR count). The molecule has 24 heavy (non-hydrogen) atoms. The molecule has 0 unspecified atom stereocenters. The van der Waals surface area contributed by atoms with E-state index < -0.39 is 23.7 Å². The number of hydrogen-bond donors (Lipinski definition) is 2. The molecule has 6 nitrogen and oxygen atoms in total. The lowest BCUT2D eigenvalue weighted by molar-refractivity contribution is -0.144. The van der Waals surface area contributed by atoms with E-state index in [1.54, 1.807) is 27.7 Å². The highest BCUT2D eigenvalue weighted by Crippen LogP contribution is 2.13. The molecule has 0 aliphatic rings. The number of amides is 1. The maximum atomic E-state index is 12.0. The molecule has 0 radical (unpaired) electrons. The molecule has 1 amide bonds. The summed E-state index contributed by atoms with van der Waals surface area (Å²) in [6.07, 6.45) is 5.16. The lowest BCUT2D eigenvalue weighted by atomic mass is 10.0. The summed E-state index contributed by atoms with van der Waals surface area (Å²) in [6.45, 7) is 12.1. The molecule has 0 saturated carbocycles. The Bertz CT molecular complexity index is 380. The molecule has 0 bridgehead atoms. The Balaban J connectivity index is 4.54. The summed E-state index contributed by atoms with van der Waals surface area (Å²) < 4.78 is 5.23. The fourth-order valence-electron chi connectivity index (χ4n) is 2.39. The lowest BCUT2D eigenvalue weighted by Gasteiger charge is -2.30. The number of carboxylic acid groups (broad SMARTS) is 1. The summed E-state index contributed by atoms with van der Waals surface area (Å²) in [7, 11) is 0. The fraction of sp³-hybridized carbons (Fsp3) is 0.889. The summed E-state index contributed by atoms with van der Waals surface area (Å²) in [5.41, 5.74) is 1.99. The minimum Gasteiger partial charge on any atom is -0.480 e. The Morgan fingerprint density at radius 1 is 1.12 bits per heavy atom. The molecule has 0 aromatic rings. The number of hydrazine groups is 1. The molecule has 6 heteroatoms. The van der Waals surface area contributed by atoms with Crippen molar-refractivity contribution in [3.05, 3.63) is 0 Å². The van der Waals surface area contributed by atoms with Crippen molar-refractivity contribution in [2.45, 2.75) is 91.7 Å². The average molecular weight is 344 g/mol. The molecule has 0 spiro atoms. The van der Waals surface area contributed by atoms with E-state index in [9.17, 15) is 14.7 Å². The van der Waals surface area contributed by atoms with Gasteiger partial charge in [-0.3, -0.25) is 10.2 Å². The monoisotopic (exact) mass is 344 g/mol. The fourth-order valence-corrected chi connectivity index (χ4v) is 2.39. The Labute approximate surface area is 146 Å². The van der Waals surface area contributed by atoms with Gasteiger partial charge in [-0.1, -0.05) is 46.5 Å². The molecule has 0 saturated heterocycles. The largest absolute Gasteiger partial charge is 0.480 e. The van der Waals surface area contributed by atoms with E-state index in [0.29, 0.717) is 13.0 Å². The zero-order chi connectivity index (χ0) is 18.8. The van der Waals surface area contributed by atoms with Crippen LogP contribution < -0.4 is 5.43 Å². The van der Waals surface area contributed by atoms with Crippen molar-refractivity contribution in [2.75, 3.05) is 6.54 Å². The molecule has 142 valence electrons. The van der Waals surface area contributed by atoms with Gasteiger partial charge in [0.05, 0.1) is 0 Å². The number of carboxylic acids is 1. The summed E-state index contributed by atoms with van der Waals surface area (Å²) >= 11 is 0. The number of rotatable bonds is 11. The third kappa shape index (κ3) is 10.5. The van der Waals surface area contributed by atoms with Crippen molar-refractivity contribution < 1.29 is 19.4 Å². The van der Waals surface area contributed by atoms with Gasteiger partial charge < -0.3 is 9.84 Å². The maximum absolute atomic E-state index is 12.0. The van der Waals surface area contributed by atoms with Crippen LogP contribution in [0.1, 0.15) is 80.1 Å². The van der Waals surface area contributed by atoms with Crippen LogP contribution in [0.2, 0.25) is 0 Å². The highest BCUT2D eigenvalue weighted by Gasteiger charge is 2.27. The SMILES string of the molecule is CC[C@H](C)CCCCCN(NC(=O)OC(C)(C)C)[C@@H](CC)C(=O)O. The van der Waals surface area contributed by atoms with Gasteiger partial charge in [-0.15, -0.1) is 0 Å². The first-order valence-electron chi connectivity index (χ1n) is 9.09. The molecule has 0 aromatic carbocycles. The third-order valence-electron chi connectivity index (χ3n) is 3.97. The average Bonchev–Trinajstić information content (AvgIpc) is 2.44. The number of unbranched alkanes of at least 4 members (excludes halogenated alkanes) is 2. The second-order valence-corrected chi connectivity index (χ2v) is 7.43. The summed E-state index contributed by atoms with van der Waals surface area (Å²) in [5.74, 6) is -0.212. The van der Waals surface area contributed by atoms with E-state index in [4.69, 9.17) is 4.74 Å². The molecule has 0 fully saturated rings. The van der Waals surface area contributed by atoms with Crippen LogP contribution in [-0.4, -0.2) is 40.4 Å². The summed E-state index contributed by atoms with van der Waals surface area (Å²) in [6, 6.07) is -0.743. The van der Waals surface area contributed by atoms with Crippen LogP contribution in [0.15, 0.2) is 0 Å². The van der Waals surface area contributed by atoms with Gasteiger partial charge in [-0.2, -0.15) is 0 Å². The van der Waals surface area contributed by atoms with Gasteiger partial charge in [0.2, 0.25) is 0 Å². The molecule has 0 aliphatic heterocycles. The molecule has 2 N–H and O–H groups in total. The maximum Gasteiger partial charge on any atom is 0.422 e. The zero-order valence-electron chi connectivity index (χ0n) is 16.2. The van der Waals surface area contributed by atoms with Gasteiger partial charge in [0.1, 0.15) is 11.6 Å². The third-order valence-corrected chi connectivity index (χ3v) is 3.97. The smallest absolute Gasteiger partial charge is 0.422 e. The minimum atomic E-state index is -0.937. The molecule has 0 heterocycles. The lowest BCUT2D eigenvalue weighted by Crippen LogP contribution is -2.53. The van der Waals surface area contributed by atoms with Gasteiger partial charge in [-0.25, -0.2) is 9.80 Å². The predicted molar refractivity (Wildman–Crippen MR) is 95.7 cm³/mol. The van der Waals surface area contributed by atoms with Crippen LogP contribution in [0, 0.1) is 5.92 Å². The first kappa shape index (κ1) is 22.7. The Morgan fingerprint density at radius 2 is 1.75 bits per heavy atom. The van der Waals surface area contributed by atoms with Gasteiger partial charge in [0.15, 0.2) is 0 Å². The van der Waals surface area contributed by atoms with Crippen molar-refractivity contribution in [2.24, 2.45) is 5.92 Å². The number of nitrogens with zero attached hydrogens (tertiary/aromatic N) is 1. The molecule has 2 atom stereocenters. The first-order chi connectivity index (χ1) is 11.1. The van der Waals surface area contributed by atoms with Crippen LogP contribution in [0.3, 0.4) is 0 Å². The van der Waals surface area contributed by atoms with Crippen LogP contribution in [-0.2, 0) is 9.53 Å². The topological polar surface area (TPSA) is 78.9 Å². The Hall–Kier alpha value is -1.30. The number of nitrogens with one attached hydrogen (secondary N) is 1. The Kier molecular flexibility index (Phi) is 10.7. The van der Waals surface area contributed by atoms with Gasteiger partial charge in [-0.05, 0) is 39.5 Å². The quantitative estimate of drug-likeness (QED) is 0.434. The molecular weight excluding hydrogens is 308 g/mol. The Morgan fingerprint density at radius 3 is 2.21 bits per heavy atom. The van der Waals surface area contributed by atoms with Crippen molar-refractivity contribution in [1.82, 2.24) is 10.4 Å². The zero-order valence-corrected chi connectivity index (χ0v) is 16.2. The molecular formula is C18H36N2O4. The van der Waals surface area contributed by atoms with Crippen LogP contribution >= 0.6 is 0 Å². The van der Waals surface area contributed by atoms with E-state index in [2.05, 4.69) is 19.3 Å². The number of carbonyl (C=O) groups excluding carboxylic acids is 1. The van der Waals surface area contributed by atoms with Crippen LogP contribution in [0.5, 0.6) is 0 Å². The van der Waals surface area contributed by atoms with Gasteiger partial charge in [0, 0.05) is 6.54 Å². The van der Waals surface area contributed by atoms with E-state index in [1.807, 2.05) is 0 Å². The number of aliphatic carboxylic acids is 1. The second-order valence-electron chi connectivity index (χ2n) is 7.43. The van der Waals surface area contributed by atoms with Gasteiger partial charge >= 0.3 is 12.1 Å². The molecule has 0 aliphatic carbocycles. The van der Waals surface area contributed by atoms with Gasteiger partial charge in [0.25, 0.3) is 0 Å². The standard InChI is InChI=1S/C18H36N2O4/c1-7-14(3)12-10-9-11-13-20(15(8-2)16(21)22)19-17(23)24-18(4,5)6/h14-15H,7-13H2,1-6H3,(H,19,23)(H,21,22)/t14-,15-/m0/s1. The number of hydrogen-bond acceptors (Lipinski definition) is 4. The number of carbonyl (C=O) groups is 2. The number of ether oxygens (including phenoxy) is 1. The highest BCUT2D eigenvalue weighted by atomic mass is 16.6. The van der Waals surface area contributed by atoms with E-state index in [-0.39, 0.29) is 0 Å². The highest BCUT2D eigenvalue weighted by molar-refractivity contribution is 5.74. The van der Waals surface area contributed by atoms with Crippen molar-refractivity contribution >= 4 is 12.1 Å². The predicted octanol–water partition coefficient (Wildman–Crippen LogP) is 4.20. The van der Waals surface area contributed by atoms with E-state index in [1.165, 1.54) is 17.9 Å². The summed E-state index contributed by atoms with van der Waals surface area (Å²) in [5, 5.41) is 10.9. The van der Waals surface area contributed by atoms with Crippen molar-refractivity contribution in [1.29, 1.82) is 0 Å². The van der Waals surface area contributed by atoms with E-state index >= 15 is 0 Å². The van der Waals surface area contributed by atoms with E-state index in [0.717, 1.165) is 25.2 Å². The van der Waals surface area contributed by atoms with Crippen molar-refractivity contribution in [3.8, 4) is 0 Å². The molecule has 0 aromatic heterocycles. The normalized spacial score (nSPS) is 14.3. The van der Waals surface area contributed by atoms with Crippen LogP contribution in [0.4, 0.5) is 4.79 Å². The van der Waals surface area contributed by atoms with Crippen molar-refractivity contribution in [3.63, 3.8) is 0 Å².